The molecule has 4 nitrogen and oxygen atoms in total. The number of benzene rings is 10. The number of aromatic nitrogens is 2. The summed E-state index contributed by atoms with van der Waals surface area (Å²) in [7, 11) is 0. The lowest BCUT2D eigenvalue weighted by Gasteiger charge is -2.44. The summed E-state index contributed by atoms with van der Waals surface area (Å²) in [5, 5.41) is 7.33. The van der Waals surface area contributed by atoms with Crippen LogP contribution in [0.25, 0.3) is 99.2 Å². The first kappa shape index (κ1) is 34.0. The molecule has 3 aromatic heterocycles. The molecule has 0 atom stereocenters. The minimum absolute atomic E-state index is 0.00153. The smallest absolute Gasteiger partial charge is 0.252 e. The lowest BCUT2D eigenvalue weighted by molar-refractivity contribution is 0.673. The highest BCUT2D eigenvalue weighted by atomic mass is 16.3. The number of hydrogen-bond donors (Lipinski definition) is 0. The van der Waals surface area contributed by atoms with Gasteiger partial charge < -0.3 is 18.5 Å². The van der Waals surface area contributed by atoms with E-state index in [1.807, 2.05) is 0 Å². The molecule has 0 aliphatic carbocycles. The van der Waals surface area contributed by atoms with E-state index in [1.54, 1.807) is 0 Å². The molecule has 300 valence electrons. The van der Waals surface area contributed by atoms with Crippen molar-refractivity contribution in [3.63, 3.8) is 0 Å². The van der Waals surface area contributed by atoms with Crippen LogP contribution in [-0.4, -0.2) is 22.6 Å². The maximum atomic E-state index is 6.97. The summed E-state index contributed by atoms with van der Waals surface area (Å²) >= 11 is 0. The van der Waals surface area contributed by atoms with Crippen LogP contribution < -0.4 is 37.7 Å². The number of rotatable bonds is 3. The summed E-state index contributed by atoms with van der Waals surface area (Å²) in [4.78, 5) is 2.55. The van der Waals surface area contributed by atoms with Crippen LogP contribution in [0.15, 0.2) is 205 Å². The number of nitrogens with zero attached hydrogens (tertiary/aromatic N) is 3. The number of anilines is 3. The van der Waals surface area contributed by atoms with Gasteiger partial charge >= 0.3 is 0 Å². The van der Waals surface area contributed by atoms with Crippen LogP contribution in [-0.2, 0) is 0 Å². The van der Waals surface area contributed by atoms with Gasteiger partial charge in [0.2, 0.25) is 0 Å². The quantitative estimate of drug-likeness (QED) is 0.166. The first-order chi connectivity index (χ1) is 32.8. The third kappa shape index (κ3) is 3.95. The van der Waals surface area contributed by atoms with E-state index in [0.717, 1.165) is 22.2 Å². The molecule has 10 aromatic carbocycles. The average Bonchev–Trinajstić information content (AvgIpc) is 4.05. The zero-order valence-corrected chi connectivity index (χ0v) is 35.5. The zero-order valence-electron chi connectivity index (χ0n) is 35.5. The van der Waals surface area contributed by atoms with E-state index in [2.05, 4.69) is 214 Å². The van der Waals surface area contributed by atoms with E-state index in [9.17, 15) is 0 Å². The molecule has 0 amide bonds. The largest absolute Gasteiger partial charge is 0.455 e. The van der Waals surface area contributed by atoms with Crippen molar-refractivity contribution in [1.82, 2.24) is 9.13 Å². The van der Waals surface area contributed by atoms with E-state index >= 15 is 0 Å². The highest BCUT2D eigenvalue weighted by Crippen LogP contribution is 2.48. The third-order valence-corrected chi connectivity index (χ3v) is 15.6. The SMILES string of the molecule is c1ccc(-c2cc3c4c(c2)c2cc(-c5ccccc5)cc5c2n4-c2c4c(cc6c2B5c2cc5c7ccccc7oc5c5c7ccccc7n-6c25)N(c2ccccc2)c2ccccc2B43)cc1. The van der Waals surface area contributed by atoms with Crippen LogP contribution in [0.3, 0.4) is 0 Å². The molecule has 6 heteroatoms. The Bertz CT molecular complexity index is 4360. The second-order valence-electron chi connectivity index (χ2n) is 18.7. The summed E-state index contributed by atoms with van der Waals surface area (Å²) in [5.74, 6) is 0. The van der Waals surface area contributed by atoms with Crippen LogP contribution in [0.5, 0.6) is 0 Å². The first-order valence-electron chi connectivity index (χ1n) is 23.1. The summed E-state index contributed by atoms with van der Waals surface area (Å²) in [6.07, 6.45) is 0. The van der Waals surface area contributed by atoms with E-state index in [-0.39, 0.29) is 13.4 Å². The molecule has 0 radical (unpaired) electrons. The van der Waals surface area contributed by atoms with E-state index in [0.29, 0.717) is 0 Å². The molecule has 0 saturated heterocycles. The maximum absolute atomic E-state index is 6.97. The van der Waals surface area contributed by atoms with Crippen molar-refractivity contribution in [3.8, 4) is 33.6 Å². The Morgan fingerprint density at radius 3 is 1.67 bits per heavy atom. The molecule has 4 aliphatic rings. The van der Waals surface area contributed by atoms with Gasteiger partial charge in [0.15, 0.2) is 0 Å². The van der Waals surface area contributed by atoms with Crippen molar-refractivity contribution >= 4 is 129 Å². The molecule has 13 aromatic rings. The Morgan fingerprint density at radius 2 is 0.939 bits per heavy atom. The summed E-state index contributed by atoms with van der Waals surface area (Å²) in [5.41, 5.74) is 26.2. The maximum Gasteiger partial charge on any atom is 0.252 e. The normalized spacial score (nSPS) is 13.7. The highest BCUT2D eigenvalue weighted by molar-refractivity contribution is 7.04. The molecule has 0 spiro atoms. The third-order valence-electron chi connectivity index (χ3n) is 15.6. The molecule has 17 rings (SSSR count). The summed E-state index contributed by atoms with van der Waals surface area (Å²) in [6.45, 7) is -0.0582. The van der Waals surface area contributed by atoms with E-state index in [4.69, 9.17) is 4.42 Å². The van der Waals surface area contributed by atoms with Gasteiger partial charge in [0.1, 0.15) is 11.2 Å². The number of hydrogen-bond acceptors (Lipinski definition) is 2. The Morgan fingerprint density at radius 1 is 0.364 bits per heavy atom. The molecule has 0 saturated carbocycles. The number of para-hydroxylation sites is 4. The Hall–Kier alpha value is -8.47. The molecule has 66 heavy (non-hydrogen) atoms. The first-order valence-corrected chi connectivity index (χ1v) is 23.1. The van der Waals surface area contributed by atoms with Crippen molar-refractivity contribution in [3.05, 3.63) is 200 Å². The molecular weight excluding hydrogens is 800 g/mol. The molecule has 7 heterocycles. The van der Waals surface area contributed by atoms with Gasteiger partial charge in [-0.3, -0.25) is 0 Å². The fraction of sp³-hybridized carbons (Fsp3) is 0. The topological polar surface area (TPSA) is 26.2 Å². The zero-order chi connectivity index (χ0) is 42.5. The van der Waals surface area contributed by atoms with Crippen LogP contribution in [0.1, 0.15) is 0 Å². The van der Waals surface area contributed by atoms with Crippen LogP contribution in [0.2, 0.25) is 0 Å². The number of fused-ring (bicyclic) bond motifs is 14. The number of furan rings is 1. The van der Waals surface area contributed by atoms with Crippen molar-refractivity contribution in [2.45, 2.75) is 0 Å². The standard InChI is InChI=1S/C60H33B2N3O/c1-4-16-34(17-5-1)36-28-41-42-29-37(35-18-6-2-7-19-35)31-46-57(42)65-56(41)45(30-36)61-44-24-12-14-26-49(44)63(38-20-8-3-9-21-38)50-33-51-55(59(65)54(50)61)62(46)47-32-43-39-22-11-15-27-52(39)66-60(43)53-40-23-10-13-25-48(40)64(51)58(47)53/h1-33H. The fourth-order valence-electron chi connectivity index (χ4n) is 13.2. The molecular formula is C60H33B2N3O. The minimum atomic E-state index is -0.0567. The Kier molecular flexibility index (Phi) is 6.08. The van der Waals surface area contributed by atoms with Crippen LogP contribution in [0, 0.1) is 0 Å². The van der Waals surface area contributed by atoms with Crippen molar-refractivity contribution < 1.29 is 4.42 Å². The van der Waals surface area contributed by atoms with Gasteiger partial charge in [0, 0.05) is 66.4 Å². The van der Waals surface area contributed by atoms with Crippen molar-refractivity contribution in [2.75, 3.05) is 4.90 Å². The lowest BCUT2D eigenvalue weighted by Crippen LogP contribution is -2.67. The lowest BCUT2D eigenvalue weighted by atomic mass is 9.29. The monoisotopic (exact) mass is 833 g/mol. The molecule has 0 fully saturated rings. The van der Waals surface area contributed by atoms with Gasteiger partial charge in [-0.05, 0) is 104 Å². The average molecular weight is 834 g/mol. The van der Waals surface area contributed by atoms with Gasteiger partial charge in [-0.1, -0.05) is 152 Å². The fourth-order valence-corrected chi connectivity index (χ4v) is 13.2. The molecule has 0 unspecified atom stereocenters. The predicted molar refractivity (Wildman–Crippen MR) is 277 cm³/mol. The van der Waals surface area contributed by atoms with Crippen LogP contribution in [0.4, 0.5) is 17.1 Å². The van der Waals surface area contributed by atoms with Gasteiger partial charge in [-0.2, -0.15) is 0 Å². The molecule has 0 N–H and O–H groups in total. The second kappa shape index (κ2) is 11.8. The minimum Gasteiger partial charge on any atom is -0.455 e. The van der Waals surface area contributed by atoms with Gasteiger partial charge in [0.05, 0.1) is 16.4 Å². The highest BCUT2D eigenvalue weighted by Gasteiger charge is 2.50. The Balaban J connectivity index is 1.14. The summed E-state index contributed by atoms with van der Waals surface area (Å²) in [6, 6.07) is 74.9. The van der Waals surface area contributed by atoms with Gasteiger partial charge in [-0.15, -0.1) is 0 Å². The molecule has 4 aliphatic heterocycles. The predicted octanol–water partition coefficient (Wildman–Crippen LogP) is 10.9. The van der Waals surface area contributed by atoms with Gasteiger partial charge in [0.25, 0.3) is 13.4 Å². The Labute approximate surface area is 379 Å². The summed E-state index contributed by atoms with van der Waals surface area (Å²) < 4.78 is 12.3. The molecule has 0 bridgehead atoms. The van der Waals surface area contributed by atoms with Crippen molar-refractivity contribution in [1.29, 1.82) is 0 Å². The van der Waals surface area contributed by atoms with E-state index in [1.165, 1.54) is 127 Å². The van der Waals surface area contributed by atoms with Crippen molar-refractivity contribution in [2.24, 2.45) is 0 Å². The van der Waals surface area contributed by atoms with E-state index < -0.39 is 0 Å². The van der Waals surface area contributed by atoms with Gasteiger partial charge in [-0.25, -0.2) is 0 Å². The second-order valence-corrected chi connectivity index (χ2v) is 18.7. The van der Waals surface area contributed by atoms with Crippen LogP contribution >= 0.6 is 0 Å².